The molecule has 3 rings (SSSR count). The molecule has 0 aliphatic rings. The van der Waals surface area contributed by atoms with Crippen LogP contribution in [-0.4, -0.2) is 67.0 Å². The van der Waals surface area contributed by atoms with Crippen molar-refractivity contribution >= 4 is 104 Å². The molecule has 10 heteroatoms. The Balaban J connectivity index is 0.00000261. The fraction of sp³-hybridized carbons (Fsp3) is 0.0588. The molecule has 3 aromatic carbocycles. The van der Waals surface area contributed by atoms with Crippen molar-refractivity contribution in [2.24, 2.45) is 10.2 Å². The average molecular weight is 548 g/mol. The van der Waals surface area contributed by atoms with Gasteiger partial charge in [-0.3, -0.25) is 0 Å². The zero-order chi connectivity index (χ0) is 19.1. The van der Waals surface area contributed by atoms with Gasteiger partial charge in [-0.2, -0.15) is 0 Å². The molecule has 0 aliphatic carbocycles. The molecule has 0 atom stereocenters. The van der Waals surface area contributed by atoms with Crippen molar-refractivity contribution in [3.05, 3.63) is 58.1 Å². The topological polar surface area (TPSA) is 102 Å². The number of phenolic OH excluding ortho intramolecular Hbond substituents is 1. The molecule has 0 heterocycles. The van der Waals surface area contributed by atoms with Crippen molar-refractivity contribution in [1.82, 2.24) is 0 Å². The number of phenols is 1. The van der Waals surface area contributed by atoms with Crippen molar-refractivity contribution in [2.45, 2.75) is 11.8 Å². The smallest absolute Gasteiger partial charge is 0.744 e. The second kappa shape index (κ2) is 8.81. The number of fused-ring (bicyclic) bond motifs is 1. The Morgan fingerprint density at radius 1 is 1.04 bits per heavy atom. The Morgan fingerprint density at radius 2 is 1.67 bits per heavy atom. The summed E-state index contributed by atoms with van der Waals surface area (Å²) < 4.78 is 34.6. The van der Waals surface area contributed by atoms with Crippen molar-refractivity contribution in [3.8, 4) is 5.75 Å². The van der Waals surface area contributed by atoms with Crippen molar-refractivity contribution in [2.75, 3.05) is 0 Å². The number of halogens is 2. The molecule has 0 unspecified atom stereocenters. The second-order valence-electron chi connectivity index (χ2n) is 5.45. The van der Waals surface area contributed by atoms with Crippen molar-refractivity contribution in [3.63, 3.8) is 0 Å². The van der Waals surface area contributed by atoms with Gasteiger partial charge in [0.25, 0.3) is 0 Å². The van der Waals surface area contributed by atoms with E-state index < -0.39 is 15.0 Å². The third kappa shape index (κ3) is 4.69. The molecule has 1 N–H and O–H groups in total. The van der Waals surface area contributed by atoms with Crippen LogP contribution in [0.3, 0.4) is 0 Å². The molecule has 3 aromatic rings. The minimum atomic E-state index is -4.89. The van der Waals surface area contributed by atoms with E-state index in [2.05, 4.69) is 10.2 Å². The van der Waals surface area contributed by atoms with E-state index in [1.807, 2.05) is 12.1 Å². The second-order valence-corrected chi connectivity index (χ2v) is 7.59. The molecular formula is C17H11BaCl2N2O4S+. The molecule has 0 aliphatic heterocycles. The standard InChI is InChI=1S/C17H12Cl2N2O4S.Ba/c1-9-12(18)8-14(26(23,24)25)17(15(9)19)21-20-16-11-5-3-2-4-10(11)6-7-13(16)22;/h2-8,22H,1H3,(H,23,24,25);/q;+2/p-1. The number of rotatable bonds is 3. The van der Waals surface area contributed by atoms with Crippen LogP contribution in [0.5, 0.6) is 5.75 Å². The van der Waals surface area contributed by atoms with Crippen molar-refractivity contribution in [1.29, 1.82) is 0 Å². The van der Waals surface area contributed by atoms with Gasteiger partial charge in [0.05, 0.1) is 9.92 Å². The molecule has 0 amide bonds. The number of benzene rings is 3. The van der Waals surface area contributed by atoms with E-state index in [9.17, 15) is 18.1 Å². The van der Waals surface area contributed by atoms with Gasteiger partial charge in [-0.1, -0.05) is 53.5 Å². The Kier molecular flexibility index (Phi) is 7.40. The molecule has 0 aromatic heterocycles. The third-order valence-corrected chi connectivity index (χ3v) is 5.49. The van der Waals surface area contributed by atoms with E-state index in [4.69, 9.17) is 23.2 Å². The Labute approximate surface area is 206 Å². The summed E-state index contributed by atoms with van der Waals surface area (Å²) in [5.74, 6) is -0.152. The van der Waals surface area contributed by atoms with Crippen LogP contribution in [0.2, 0.25) is 10.0 Å². The zero-order valence-corrected chi connectivity index (χ0v) is 20.7. The summed E-state index contributed by atoms with van der Waals surface area (Å²) in [6.07, 6.45) is 0. The maximum absolute atomic E-state index is 11.5. The minimum Gasteiger partial charge on any atom is -0.744 e. The first-order chi connectivity index (χ1) is 12.2. The van der Waals surface area contributed by atoms with Gasteiger partial charge in [0, 0.05) is 10.4 Å². The van der Waals surface area contributed by atoms with Gasteiger partial charge in [-0.15, -0.1) is 10.2 Å². The van der Waals surface area contributed by atoms with Gasteiger partial charge < -0.3 is 9.66 Å². The fourth-order valence-electron chi connectivity index (χ4n) is 2.41. The molecular weight excluding hydrogens is 536 g/mol. The van der Waals surface area contributed by atoms with Crippen LogP contribution in [0.4, 0.5) is 11.4 Å². The normalized spacial score (nSPS) is 11.7. The first kappa shape index (κ1) is 22.7. The molecule has 0 radical (unpaired) electrons. The monoisotopic (exact) mass is 547 g/mol. The van der Waals surface area contributed by atoms with Crippen LogP contribution in [0.15, 0.2) is 57.6 Å². The van der Waals surface area contributed by atoms with E-state index in [1.165, 1.54) is 6.07 Å². The van der Waals surface area contributed by atoms with Crippen LogP contribution in [0.25, 0.3) is 10.8 Å². The quantitative estimate of drug-likeness (QED) is 0.280. The molecule has 0 spiro atoms. The van der Waals surface area contributed by atoms with E-state index in [0.717, 1.165) is 11.5 Å². The number of nitrogens with zero attached hydrogens (tertiary/aromatic N) is 2. The first-order valence-electron chi connectivity index (χ1n) is 7.27. The summed E-state index contributed by atoms with van der Waals surface area (Å²) >= 11 is 12.0. The van der Waals surface area contributed by atoms with Gasteiger partial charge in [0.1, 0.15) is 27.2 Å². The summed E-state index contributed by atoms with van der Waals surface area (Å²) in [4.78, 5) is -0.679. The average Bonchev–Trinajstić information content (AvgIpc) is 2.59. The van der Waals surface area contributed by atoms with Gasteiger partial charge in [0.15, 0.2) is 0 Å². The number of hydrogen-bond donors (Lipinski definition) is 1. The SMILES string of the molecule is Cc1c(Cl)cc(S(=O)(=O)[O-])c(N=Nc2c(O)ccc3ccccc23)c1Cl.[Ba+2]. The minimum absolute atomic E-state index is 0. The van der Waals surface area contributed by atoms with Crippen LogP contribution in [-0.2, 0) is 10.1 Å². The number of aromatic hydroxyl groups is 1. The fourth-order valence-corrected chi connectivity index (χ4v) is 3.67. The van der Waals surface area contributed by atoms with Gasteiger partial charge >= 0.3 is 48.9 Å². The summed E-state index contributed by atoms with van der Waals surface area (Å²) in [7, 11) is -4.89. The third-order valence-electron chi connectivity index (χ3n) is 3.79. The Bertz CT molecular complexity index is 1170. The summed E-state index contributed by atoms with van der Waals surface area (Å²) in [5.41, 5.74) is 0.161. The van der Waals surface area contributed by atoms with E-state index in [-0.39, 0.29) is 76.1 Å². The summed E-state index contributed by atoms with van der Waals surface area (Å²) in [5, 5.41) is 19.2. The maximum atomic E-state index is 11.5. The van der Waals surface area contributed by atoms with Crippen LogP contribution < -0.4 is 0 Å². The summed E-state index contributed by atoms with van der Waals surface area (Å²) in [6, 6.07) is 11.3. The van der Waals surface area contributed by atoms with Gasteiger partial charge in [0.2, 0.25) is 0 Å². The molecule has 0 fully saturated rings. The predicted molar refractivity (Wildman–Crippen MR) is 105 cm³/mol. The number of azo groups is 1. The van der Waals surface area contributed by atoms with Crippen LogP contribution in [0.1, 0.15) is 5.56 Å². The first-order valence-corrected chi connectivity index (χ1v) is 9.43. The molecule has 0 saturated heterocycles. The van der Waals surface area contributed by atoms with Crippen LogP contribution in [0, 0.1) is 6.92 Å². The van der Waals surface area contributed by atoms with Crippen molar-refractivity contribution < 1.29 is 18.1 Å². The van der Waals surface area contributed by atoms with Gasteiger partial charge in [-0.25, -0.2) is 8.42 Å². The maximum Gasteiger partial charge on any atom is 2.00 e. The Morgan fingerprint density at radius 3 is 2.33 bits per heavy atom. The molecule has 0 bridgehead atoms. The number of hydrogen-bond acceptors (Lipinski definition) is 6. The van der Waals surface area contributed by atoms with Crippen LogP contribution >= 0.6 is 23.2 Å². The predicted octanol–water partition coefficient (Wildman–Crippen LogP) is 5.10. The Hall–Kier alpha value is -0.619. The van der Waals surface area contributed by atoms with E-state index in [0.29, 0.717) is 10.9 Å². The van der Waals surface area contributed by atoms with E-state index in [1.54, 1.807) is 25.1 Å². The molecule has 27 heavy (non-hydrogen) atoms. The van der Waals surface area contributed by atoms with Gasteiger partial charge in [-0.05, 0) is 30.0 Å². The molecule has 134 valence electrons. The summed E-state index contributed by atoms with van der Waals surface area (Å²) in [6.45, 7) is 1.56. The van der Waals surface area contributed by atoms with E-state index >= 15 is 0 Å². The zero-order valence-electron chi connectivity index (χ0n) is 14.0. The molecule has 6 nitrogen and oxygen atoms in total. The molecule has 0 saturated carbocycles. The largest absolute Gasteiger partial charge is 2.00 e.